The predicted octanol–water partition coefficient (Wildman–Crippen LogP) is 5.39. The van der Waals surface area contributed by atoms with E-state index < -0.39 is 0 Å². The summed E-state index contributed by atoms with van der Waals surface area (Å²) in [4.78, 5) is 13.5. The molecule has 1 saturated carbocycles. The molecule has 3 N–H and O–H groups in total. The molecule has 2 aromatic heterocycles. The second kappa shape index (κ2) is 8.44. The number of aromatic nitrogens is 3. The van der Waals surface area contributed by atoms with Crippen LogP contribution >= 0.6 is 11.6 Å². The Bertz CT molecular complexity index is 945. The molecule has 144 valence electrons. The smallest absolute Gasteiger partial charge is 0.225 e. The van der Waals surface area contributed by atoms with Crippen molar-refractivity contribution in [2.75, 3.05) is 10.6 Å². The van der Waals surface area contributed by atoms with E-state index in [1.807, 2.05) is 18.2 Å². The molecule has 4 rings (SSSR count). The van der Waals surface area contributed by atoms with Crippen molar-refractivity contribution < 1.29 is 5.11 Å². The van der Waals surface area contributed by atoms with E-state index in [-0.39, 0.29) is 5.75 Å². The molecule has 3 aromatic rings. The van der Waals surface area contributed by atoms with Gasteiger partial charge in [-0.25, -0.2) is 4.98 Å². The highest BCUT2D eigenvalue weighted by atomic mass is 35.5. The van der Waals surface area contributed by atoms with Gasteiger partial charge < -0.3 is 15.7 Å². The Morgan fingerprint density at radius 2 is 1.89 bits per heavy atom. The summed E-state index contributed by atoms with van der Waals surface area (Å²) < 4.78 is 0. The van der Waals surface area contributed by atoms with Crippen molar-refractivity contribution >= 4 is 29.1 Å². The van der Waals surface area contributed by atoms with Crippen molar-refractivity contribution in [1.29, 1.82) is 0 Å². The highest BCUT2D eigenvalue weighted by molar-refractivity contribution is 6.33. The molecular weight excluding hydrogens is 374 g/mol. The topological polar surface area (TPSA) is 83.0 Å². The lowest BCUT2D eigenvalue weighted by atomic mass is 9.96. The van der Waals surface area contributed by atoms with Gasteiger partial charge in [-0.1, -0.05) is 30.9 Å². The molecule has 0 spiro atoms. The number of rotatable bonds is 5. The summed E-state index contributed by atoms with van der Waals surface area (Å²) in [6.07, 6.45) is 9.54. The Labute approximate surface area is 169 Å². The third kappa shape index (κ3) is 4.51. The van der Waals surface area contributed by atoms with Crippen LogP contribution in [0, 0.1) is 0 Å². The number of nitrogens with one attached hydrogen (secondary N) is 2. The first-order valence-electron chi connectivity index (χ1n) is 9.49. The highest BCUT2D eigenvalue weighted by Gasteiger charge is 2.16. The average Bonchev–Trinajstić information content (AvgIpc) is 2.71. The number of phenolic OH excluding ortho intramolecular Hbond substituents is 1. The first-order chi connectivity index (χ1) is 13.7. The number of aromatic hydroxyl groups is 1. The van der Waals surface area contributed by atoms with E-state index in [0.717, 1.165) is 24.1 Å². The maximum Gasteiger partial charge on any atom is 0.225 e. The van der Waals surface area contributed by atoms with E-state index >= 15 is 0 Å². The Morgan fingerprint density at radius 3 is 2.64 bits per heavy atom. The second-order valence-electron chi connectivity index (χ2n) is 6.97. The lowest BCUT2D eigenvalue weighted by Crippen LogP contribution is -2.23. The van der Waals surface area contributed by atoms with Crippen molar-refractivity contribution in [3.8, 4) is 17.0 Å². The Hall–Kier alpha value is -2.86. The molecule has 1 fully saturated rings. The summed E-state index contributed by atoms with van der Waals surface area (Å²) in [5, 5.41) is 16.7. The van der Waals surface area contributed by atoms with E-state index in [1.54, 1.807) is 24.5 Å². The fraction of sp³-hybridized carbons (Fsp3) is 0.286. The van der Waals surface area contributed by atoms with Gasteiger partial charge in [0.15, 0.2) is 0 Å². The van der Waals surface area contributed by atoms with E-state index in [4.69, 9.17) is 16.6 Å². The molecule has 0 saturated heterocycles. The molecule has 2 heterocycles. The summed E-state index contributed by atoms with van der Waals surface area (Å²) in [5.41, 5.74) is 2.36. The number of hydrogen-bond donors (Lipinski definition) is 3. The highest BCUT2D eigenvalue weighted by Crippen LogP contribution is 2.30. The van der Waals surface area contributed by atoms with E-state index in [2.05, 4.69) is 20.6 Å². The van der Waals surface area contributed by atoms with Crippen LogP contribution in [0.2, 0.25) is 5.02 Å². The van der Waals surface area contributed by atoms with Crippen molar-refractivity contribution in [3.05, 3.63) is 53.8 Å². The zero-order valence-electron chi connectivity index (χ0n) is 15.4. The first-order valence-corrected chi connectivity index (χ1v) is 9.87. The van der Waals surface area contributed by atoms with Gasteiger partial charge in [0, 0.05) is 36.1 Å². The minimum atomic E-state index is 0.119. The van der Waals surface area contributed by atoms with Gasteiger partial charge in [0.05, 0.1) is 16.4 Å². The summed E-state index contributed by atoms with van der Waals surface area (Å²) in [7, 11) is 0. The molecule has 1 aliphatic carbocycles. The van der Waals surface area contributed by atoms with Crippen LogP contribution in [0.1, 0.15) is 32.1 Å². The molecule has 28 heavy (non-hydrogen) atoms. The predicted molar refractivity (Wildman–Crippen MR) is 112 cm³/mol. The van der Waals surface area contributed by atoms with Crippen LogP contribution in [0.25, 0.3) is 11.3 Å². The van der Waals surface area contributed by atoms with E-state index in [0.29, 0.717) is 28.5 Å². The Morgan fingerprint density at radius 1 is 1.04 bits per heavy atom. The third-order valence-corrected chi connectivity index (χ3v) is 5.15. The lowest BCUT2D eigenvalue weighted by molar-refractivity contribution is 0.461. The third-order valence-electron chi connectivity index (χ3n) is 4.84. The van der Waals surface area contributed by atoms with Crippen LogP contribution < -0.4 is 10.6 Å². The largest absolute Gasteiger partial charge is 0.508 e. The molecule has 0 radical (unpaired) electrons. The van der Waals surface area contributed by atoms with Crippen molar-refractivity contribution in [2.24, 2.45) is 0 Å². The van der Waals surface area contributed by atoms with Crippen LogP contribution in [-0.4, -0.2) is 26.1 Å². The summed E-state index contributed by atoms with van der Waals surface area (Å²) in [5.74, 6) is 1.33. The Balaban J connectivity index is 1.66. The van der Waals surface area contributed by atoms with Crippen LogP contribution in [-0.2, 0) is 0 Å². The zero-order valence-corrected chi connectivity index (χ0v) is 16.2. The number of nitrogens with zero attached hydrogens (tertiary/aromatic N) is 3. The summed E-state index contributed by atoms with van der Waals surface area (Å²) in [6, 6.07) is 10.9. The van der Waals surface area contributed by atoms with Gasteiger partial charge in [0.2, 0.25) is 5.95 Å². The van der Waals surface area contributed by atoms with Crippen molar-refractivity contribution in [2.45, 2.75) is 38.1 Å². The molecule has 0 aliphatic heterocycles. The maximum absolute atomic E-state index is 9.57. The molecule has 7 heteroatoms. The normalized spacial score (nSPS) is 14.6. The monoisotopic (exact) mass is 395 g/mol. The SMILES string of the molecule is Oc1ccc(Nc2cc(-c3cccnc3)nc(NC3CCCCC3)n2)c(Cl)c1. The van der Waals surface area contributed by atoms with Gasteiger partial charge in [-0.3, -0.25) is 4.98 Å². The molecule has 6 nitrogen and oxygen atoms in total. The fourth-order valence-electron chi connectivity index (χ4n) is 3.41. The Kier molecular flexibility index (Phi) is 5.58. The molecule has 0 amide bonds. The standard InChI is InChI=1S/C21H22ClN5O/c22-17-11-16(28)8-9-18(17)25-20-12-19(14-5-4-10-23-13-14)26-21(27-20)24-15-6-2-1-3-7-15/h4-5,8-13,15,28H,1-3,6-7H2,(H2,24,25,26,27). The number of halogens is 1. The molecule has 1 aliphatic rings. The number of anilines is 3. The molecule has 1 aromatic carbocycles. The lowest BCUT2D eigenvalue weighted by Gasteiger charge is -2.23. The maximum atomic E-state index is 9.57. The molecular formula is C21H22ClN5O. The number of phenols is 1. The minimum Gasteiger partial charge on any atom is -0.508 e. The second-order valence-corrected chi connectivity index (χ2v) is 7.38. The van der Waals surface area contributed by atoms with E-state index in [9.17, 15) is 5.11 Å². The van der Waals surface area contributed by atoms with Crippen LogP contribution in [0.15, 0.2) is 48.8 Å². The number of pyridine rings is 1. The minimum absolute atomic E-state index is 0.119. The summed E-state index contributed by atoms with van der Waals surface area (Å²) in [6.45, 7) is 0. The fourth-order valence-corrected chi connectivity index (χ4v) is 3.63. The van der Waals surface area contributed by atoms with Gasteiger partial charge in [0.1, 0.15) is 11.6 Å². The van der Waals surface area contributed by atoms with Gasteiger partial charge in [-0.05, 0) is 37.1 Å². The van der Waals surface area contributed by atoms with E-state index in [1.165, 1.54) is 25.3 Å². The molecule has 0 unspecified atom stereocenters. The quantitative estimate of drug-likeness (QED) is 0.502. The molecule has 0 atom stereocenters. The zero-order chi connectivity index (χ0) is 19.3. The van der Waals surface area contributed by atoms with Gasteiger partial charge in [0.25, 0.3) is 0 Å². The van der Waals surface area contributed by atoms with Crippen LogP contribution in [0.4, 0.5) is 17.5 Å². The number of hydrogen-bond acceptors (Lipinski definition) is 6. The van der Waals surface area contributed by atoms with Gasteiger partial charge >= 0.3 is 0 Å². The van der Waals surface area contributed by atoms with Crippen LogP contribution in [0.3, 0.4) is 0 Å². The number of benzene rings is 1. The first kappa shape index (κ1) is 18.5. The summed E-state index contributed by atoms with van der Waals surface area (Å²) >= 11 is 6.24. The van der Waals surface area contributed by atoms with Crippen molar-refractivity contribution in [1.82, 2.24) is 15.0 Å². The van der Waals surface area contributed by atoms with Gasteiger partial charge in [-0.15, -0.1) is 0 Å². The molecule has 0 bridgehead atoms. The van der Waals surface area contributed by atoms with Gasteiger partial charge in [-0.2, -0.15) is 4.98 Å². The average molecular weight is 396 g/mol. The van der Waals surface area contributed by atoms with Crippen molar-refractivity contribution in [3.63, 3.8) is 0 Å². The van der Waals surface area contributed by atoms with Crippen LogP contribution in [0.5, 0.6) is 5.75 Å².